The first-order chi connectivity index (χ1) is 34.2. The van der Waals surface area contributed by atoms with E-state index in [4.69, 9.17) is 19.9 Å². The third-order valence-corrected chi connectivity index (χ3v) is 14.1. The lowest BCUT2D eigenvalue weighted by molar-refractivity contribution is -0.155. The van der Waals surface area contributed by atoms with Crippen LogP contribution in [0.2, 0.25) is 0 Å². The van der Waals surface area contributed by atoms with E-state index in [1.165, 1.54) is 6.07 Å². The van der Waals surface area contributed by atoms with E-state index in [1.807, 2.05) is 12.1 Å². The average Bonchev–Trinajstić information content (AvgIpc) is 4.14. The third-order valence-electron chi connectivity index (χ3n) is 11.8. The van der Waals surface area contributed by atoms with Gasteiger partial charge in [-0.2, -0.15) is 26.3 Å². The van der Waals surface area contributed by atoms with Gasteiger partial charge in [-0.3, -0.25) is 14.4 Å². The highest BCUT2D eigenvalue weighted by Gasteiger charge is 2.39. The lowest BCUT2D eigenvalue weighted by atomic mass is 10.0. The Labute approximate surface area is 429 Å². The van der Waals surface area contributed by atoms with E-state index in [-0.39, 0.29) is 48.5 Å². The van der Waals surface area contributed by atoms with E-state index in [0.29, 0.717) is 87.5 Å². The van der Waals surface area contributed by atoms with Crippen LogP contribution >= 0.6 is 22.7 Å². The third kappa shape index (κ3) is 13.7. The van der Waals surface area contributed by atoms with Gasteiger partial charge in [-0.15, -0.1) is 22.7 Å². The number of carbonyl (C=O) groups is 3. The number of ether oxygens (including phenoxy) is 3. The predicted molar refractivity (Wildman–Crippen MR) is 274 cm³/mol. The Morgan fingerprint density at radius 3 is 1.42 bits per heavy atom. The minimum atomic E-state index is -4.46. The number of alkyl halides is 6. The van der Waals surface area contributed by atoms with Gasteiger partial charge in [0.05, 0.1) is 17.5 Å². The van der Waals surface area contributed by atoms with Gasteiger partial charge in [-0.25, -0.2) is 0 Å². The highest BCUT2D eigenvalue weighted by molar-refractivity contribution is 7.13. The number of nitrogens with two attached hydrogens (primary N) is 1. The molecule has 2 aromatic heterocycles. The molecule has 8 rings (SSSR count). The highest BCUT2D eigenvalue weighted by Crippen LogP contribution is 2.45. The Bertz CT molecular complexity index is 2920. The fourth-order valence-corrected chi connectivity index (χ4v) is 10.3. The Balaban J connectivity index is 0.000000220. The van der Waals surface area contributed by atoms with Gasteiger partial charge in [0.2, 0.25) is 11.8 Å². The molecule has 0 bridgehead atoms. The van der Waals surface area contributed by atoms with Crippen molar-refractivity contribution in [1.29, 1.82) is 0 Å². The number of nitrogens with zero attached hydrogens (tertiary/aromatic N) is 2. The average molecular weight is 1050 g/mol. The summed E-state index contributed by atoms with van der Waals surface area (Å²) in [5.41, 5.74) is 8.28. The number of nitrogens with one attached hydrogen (secondary N) is 1. The van der Waals surface area contributed by atoms with Crippen LogP contribution in [0.1, 0.15) is 85.5 Å². The topological polar surface area (TPSA) is 123 Å². The number of hydrogen-bond donors (Lipinski definition) is 2. The second-order valence-electron chi connectivity index (χ2n) is 19.8. The standard InChI is InChI=1S/C31H35F3N2O4S.C24H23F3N2O2S/c1-29(2,3)40-26(37)13-15-35-30(4,5)28(38)36-16-14-21-17-22(11-12-25(21)36)39-19-23-18-24(20-9-7-6-8-10-20)27(41-23)31(32,33)34;1-23(2,28)22(30)29-11-10-16-12-17(8-9-20(16)29)31-14-18-13-19(15-6-4-3-5-7-15)21(32-18)24(25,26)27/h6-12,17-18,35H,13-16,19H2,1-5H3;3-9,12-13H,10-11,14,28H2,1-2H3. The van der Waals surface area contributed by atoms with Crippen LogP contribution in [0, 0.1) is 0 Å². The number of carbonyl (C=O) groups excluding carboxylic acids is 3. The molecule has 4 heterocycles. The van der Waals surface area contributed by atoms with E-state index < -0.39 is 38.8 Å². The summed E-state index contributed by atoms with van der Waals surface area (Å²) in [4.78, 5) is 41.0. The molecule has 0 fully saturated rings. The van der Waals surface area contributed by atoms with E-state index in [2.05, 4.69) is 5.32 Å². The van der Waals surface area contributed by atoms with Crippen molar-refractivity contribution < 1.29 is 54.9 Å². The molecule has 4 aromatic carbocycles. The van der Waals surface area contributed by atoms with Crippen molar-refractivity contribution in [2.24, 2.45) is 5.73 Å². The van der Waals surface area contributed by atoms with Crippen LogP contribution in [0.4, 0.5) is 37.7 Å². The molecular weight excluding hydrogens is 991 g/mol. The van der Waals surface area contributed by atoms with Crippen molar-refractivity contribution in [3.63, 3.8) is 0 Å². The number of amides is 2. The summed E-state index contributed by atoms with van der Waals surface area (Å²) in [6.45, 7) is 13.7. The van der Waals surface area contributed by atoms with Gasteiger partial charge in [0.1, 0.15) is 40.1 Å². The summed E-state index contributed by atoms with van der Waals surface area (Å²) in [6, 6.07) is 30.8. The fraction of sp³-hybridized carbons (Fsp3) is 0.364. The predicted octanol–water partition coefficient (Wildman–Crippen LogP) is 12.6. The summed E-state index contributed by atoms with van der Waals surface area (Å²) in [7, 11) is 0. The molecule has 0 saturated heterocycles. The minimum absolute atomic E-state index is 0.00336. The Hall–Kier alpha value is -6.21. The molecule has 0 radical (unpaired) electrons. The smallest absolute Gasteiger partial charge is 0.426 e. The monoisotopic (exact) mass is 1050 g/mol. The summed E-state index contributed by atoms with van der Waals surface area (Å²) >= 11 is 1.38. The molecule has 2 aliphatic rings. The van der Waals surface area contributed by atoms with Crippen molar-refractivity contribution >= 4 is 51.8 Å². The molecule has 0 saturated carbocycles. The highest BCUT2D eigenvalue weighted by atomic mass is 32.1. The van der Waals surface area contributed by atoms with E-state index in [0.717, 1.165) is 22.5 Å². The first-order valence-electron chi connectivity index (χ1n) is 23.6. The maximum absolute atomic E-state index is 13.7. The lowest BCUT2D eigenvalue weighted by Crippen LogP contribution is -2.54. The molecule has 3 N–H and O–H groups in total. The number of anilines is 2. The zero-order valence-corrected chi connectivity index (χ0v) is 43.2. The number of benzene rings is 4. The largest absolute Gasteiger partial charge is 0.488 e. The van der Waals surface area contributed by atoms with Crippen LogP contribution in [-0.4, -0.2) is 54.1 Å². The first kappa shape index (κ1) is 54.6. The summed E-state index contributed by atoms with van der Waals surface area (Å²) in [5, 5.41) is 3.17. The molecule has 2 aliphatic heterocycles. The summed E-state index contributed by atoms with van der Waals surface area (Å²) in [5.74, 6) is 0.461. The van der Waals surface area contributed by atoms with E-state index in [9.17, 15) is 40.7 Å². The molecule has 2 amide bonds. The van der Waals surface area contributed by atoms with Gasteiger partial charge >= 0.3 is 18.3 Å². The van der Waals surface area contributed by atoms with Gasteiger partial charge in [0.25, 0.3) is 0 Å². The van der Waals surface area contributed by atoms with Crippen molar-refractivity contribution in [3.05, 3.63) is 140 Å². The molecule has 0 spiro atoms. The molecule has 388 valence electrons. The van der Waals surface area contributed by atoms with Gasteiger partial charge in [0.15, 0.2) is 0 Å². The lowest BCUT2D eigenvalue weighted by Gasteiger charge is -2.31. The van der Waals surface area contributed by atoms with Crippen molar-refractivity contribution in [2.75, 3.05) is 29.4 Å². The molecule has 10 nitrogen and oxygen atoms in total. The van der Waals surface area contributed by atoms with Crippen LogP contribution in [0.5, 0.6) is 11.5 Å². The Morgan fingerprint density at radius 2 is 1.03 bits per heavy atom. The zero-order valence-electron chi connectivity index (χ0n) is 41.6. The number of rotatable bonds is 14. The molecule has 73 heavy (non-hydrogen) atoms. The second kappa shape index (κ2) is 21.7. The van der Waals surface area contributed by atoms with Crippen molar-refractivity contribution in [2.45, 2.75) is 110 Å². The summed E-state index contributed by atoms with van der Waals surface area (Å²) in [6.07, 6.45) is -7.46. The molecule has 6 aromatic rings. The molecule has 0 unspecified atom stereocenters. The number of esters is 1. The number of fused-ring (bicyclic) bond motifs is 2. The SMILES string of the molecule is CC(C)(C)OC(=O)CCNC(C)(C)C(=O)N1CCc2cc(OCc3cc(-c4ccccc4)c(C(F)(F)F)s3)ccc21.CC(C)(N)C(=O)N1CCc2cc(OCc3cc(-c4ccccc4)c(C(F)(F)F)s3)ccc21. The maximum Gasteiger partial charge on any atom is 0.426 e. The second-order valence-corrected chi connectivity index (χ2v) is 22.1. The van der Waals surface area contributed by atoms with E-state index >= 15 is 0 Å². The molecule has 18 heteroatoms. The zero-order chi connectivity index (χ0) is 53.1. The number of halogens is 6. The number of thiophene rings is 2. The fourth-order valence-electron chi connectivity index (χ4n) is 8.41. The van der Waals surface area contributed by atoms with Crippen LogP contribution in [0.15, 0.2) is 109 Å². The van der Waals surface area contributed by atoms with Gasteiger partial charge in [0, 0.05) is 51.9 Å². The Kier molecular flexibility index (Phi) is 16.2. The van der Waals surface area contributed by atoms with Gasteiger partial charge in [-0.1, -0.05) is 60.7 Å². The summed E-state index contributed by atoms with van der Waals surface area (Å²) < 4.78 is 98.9. The van der Waals surface area contributed by atoms with Crippen LogP contribution < -0.4 is 30.3 Å². The quantitative estimate of drug-likeness (QED) is 0.0817. The Morgan fingerprint density at radius 1 is 0.603 bits per heavy atom. The molecule has 0 aliphatic carbocycles. The molecular formula is C55H58F6N4O6S2. The van der Waals surface area contributed by atoms with Crippen molar-refractivity contribution in [3.8, 4) is 33.8 Å². The number of hydrogen-bond acceptors (Lipinski definition) is 10. The van der Waals surface area contributed by atoms with E-state index in [1.54, 1.807) is 149 Å². The van der Waals surface area contributed by atoms with Crippen LogP contribution in [0.25, 0.3) is 22.3 Å². The van der Waals surface area contributed by atoms with Crippen LogP contribution in [-0.2, 0) is 57.5 Å². The minimum Gasteiger partial charge on any atom is -0.488 e. The van der Waals surface area contributed by atoms with Gasteiger partial charge in [-0.05, 0) is 132 Å². The molecule has 0 atom stereocenters. The first-order valence-corrected chi connectivity index (χ1v) is 25.2. The van der Waals surface area contributed by atoms with Crippen LogP contribution in [0.3, 0.4) is 0 Å². The maximum atomic E-state index is 13.7. The van der Waals surface area contributed by atoms with Crippen molar-refractivity contribution in [1.82, 2.24) is 5.32 Å². The normalized spacial score (nSPS) is 13.8. The van der Waals surface area contributed by atoms with Gasteiger partial charge < -0.3 is 35.1 Å².